The highest BCUT2D eigenvalue weighted by Gasteiger charge is 2.16. The molecule has 31 heavy (non-hydrogen) atoms. The molecule has 0 atom stereocenters. The normalized spacial score (nSPS) is 12.5. The smallest absolute Gasteiger partial charge is 0.311 e. The summed E-state index contributed by atoms with van der Waals surface area (Å²) in [6.07, 6.45) is 1.82. The number of esters is 1. The number of nitrogens with one attached hydrogen (secondary N) is 2. The third-order valence-corrected chi connectivity index (χ3v) is 5.71. The molecule has 0 saturated heterocycles. The van der Waals surface area contributed by atoms with Crippen LogP contribution < -0.4 is 15.4 Å². The van der Waals surface area contributed by atoms with Gasteiger partial charge < -0.3 is 20.1 Å². The molecule has 9 heteroatoms. The summed E-state index contributed by atoms with van der Waals surface area (Å²) in [4.78, 5) is 29.0. The van der Waals surface area contributed by atoms with Crippen molar-refractivity contribution in [2.75, 3.05) is 30.6 Å². The van der Waals surface area contributed by atoms with Gasteiger partial charge in [0.2, 0.25) is 5.91 Å². The molecule has 1 aliphatic heterocycles. The van der Waals surface area contributed by atoms with E-state index in [1.165, 1.54) is 26.0 Å². The summed E-state index contributed by atoms with van der Waals surface area (Å²) in [5, 5.41) is 7.22. The quantitative estimate of drug-likeness (QED) is 0.595. The number of methoxy groups -OCH3 is 2. The first-order chi connectivity index (χ1) is 14.9. The van der Waals surface area contributed by atoms with Gasteiger partial charge in [-0.25, -0.2) is 4.99 Å². The Hall–Kier alpha value is -2.97. The van der Waals surface area contributed by atoms with Gasteiger partial charge in [-0.15, -0.1) is 0 Å². The summed E-state index contributed by atoms with van der Waals surface area (Å²) < 4.78 is 10.1. The van der Waals surface area contributed by atoms with Crippen LogP contribution in [0.1, 0.15) is 12.0 Å². The van der Waals surface area contributed by atoms with E-state index in [1.807, 2.05) is 31.2 Å². The Bertz CT molecular complexity index is 1070. The molecule has 1 aliphatic rings. The van der Waals surface area contributed by atoms with Crippen molar-refractivity contribution in [3.05, 3.63) is 58.8 Å². The number of ether oxygens (including phenoxy) is 2. The highest BCUT2D eigenvalue weighted by Crippen LogP contribution is 2.32. The molecule has 0 saturated carbocycles. The molecule has 0 aromatic heterocycles. The van der Waals surface area contributed by atoms with Crippen LogP contribution in [-0.4, -0.2) is 36.9 Å². The number of rotatable bonds is 6. The lowest BCUT2D eigenvalue weighted by Crippen LogP contribution is -2.16. The van der Waals surface area contributed by atoms with Gasteiger partial charge in [-0.05, 0) is 36.8 Å². The minimum Gasteiger partial charge on any atom is -0.495 e. The molecule has 2 aromatic rings. The van der Waals surface area contributed by atoms with E-state index in [9.17, 15) is 9.59 Å². The Balaban J connectivity index is 1.75. The van der Waals surface area contributed by atoms with Gasteiger partial charge in [-0.1, -0.05) is 35.5 Å². The fourth-order valence-electron chi connectivity index (χ4n) is 2.84. The van der Waals surface area contributed by atoms with Crippen molar-refractivity contribution in [3.63, 3.8) is 0 Å². The molecule has 1 amide bonds. The first kappa shape index (κ1) is 22.7. The topological polar surface area (TPSA) is 89.0 Å². The summed E-state index contributed by atoms with van der Waals surface area (Å²) >= 11 is 7.39. The highest BCUT2D eigenvalue weighted by atomic mass is 35.5. The number of carbonyl (C=O) groups is 2. The van der Waals surface area contributed by atoms with E-state index < -0.39 is 0 Å². The molecule has 2 aromatic carbocycles. The zero-order valence-corrected chi connectivity index (χ0v) is 18.9. The summed E-state index contributed by atoms with van der Waals surface area (Å²) in [5.41, 5.74) is 3.51. The van der Waals surface area contributed by atoms with Crippen molar-refractivity contribution in [3.8, 4) is 5.75 Å². The maximum Gasteiger partial charge on any atom is 0.311 e. The number of amides is 1. The molecule has 7 nitrogen and oxygen atoms in total. The molecule has 0 unspecified atom stereocenters. The lowest BCUT2D eigenvalue weighted by Gasteiger charge is -2.12. The minimum atomic E-state index is -0.370. The minimum absolute atomic E-state index is 0.0673. The summed E-state index contributed by atoms with van der Waals surface area (Å²) in [6.45, 7) is 1.85. The van der Waals surface area contributed by atoms with Gasteiger partial charge in [0.15, 0.2) is 0 Å². The number of fused-ring (bicyclic) bond motifs is 1. The van der Waals surface area contributed by atoms with E-state index >= 15 is 0 Å². The molecule has 3 rings (SSSR count). The van der Waals surface area contributed by atoms with Crippen molar-refractivity contribution in [1.82, 2.24) is 0 Å². The molecule has 1 heterocycles. The van der Waals surface area contributed by atoms with Crippen molar-refractivity contribution >= 4 is 57.3 Å². The largest absolute Gasteiger partial charge is 0.495 e. The number of para-hydroxylation sites is 2. The van der Waals surface area contributed by atoms with Crippen LogP contribution in [0.25, 0.3) is 0 Å². The van der Waals surface area contributed by atoms with E-state index in [0.717, 1.165) is 16.9 Å². The second-order valence-corrected chi connectivity index (χ2v) is 8.06. The number of aryl methyl sites for hydroxylation is 1. The molecule has 2 N–H and O–H groups in total. The van der Waals surface area contributed by atoms with Crippen LogP contribution in [-0.2, 0) is 14.3 Å². The van der Waals surface area contributed by atoms with E-state index in [4.69, 9.17) is 21.1 Å². The van der Waals surface area contributed by atoms with E-state index in [-0.39, 0.29) is 24.1 Å². The van der Waals surface area contributed by atoms with Gasteiger partial charge in [0.1, 0.15) is 5.75 Å². The number of hydrogen-bond acceptors (Lipinski definition) is 7. The van der Waals surface area contributed by atoms with Crippen LogP contribution in [0, 0.1) is 6.92 Å². The third kappa shape index (κ3) is 6.02. The maximum absolute atomic E-state index is 12.6. The monoisotopic (exact) mass is 459 g/mol. The van der Waals surface area contributed by atoms with E-state index in [2.05, 4.69) is 15.6 Å². The fourth-order valence-corrected chi connectivity index (χ4v) is 3.73. The van der Waals surface area contributed by atoms with Gasteiger partial charge in [-0.2, -0.15) is 0 Å². The van der Waals surface area contributed by atoms with Crippen LogP contribution in [0.4, 0.5) is 17.1 Å². The highest BCUT2D eigenvalue weighted by molar-refractivity contribution is 8.14. The summed E-state index contributed by atoms with van der Waals surface area (Å²) in [5.74, 6) is 0.0131. The van der Waals surface area contributed by atoms with Gasteiger partial charge in [0.05, 0.1) is 48.5 Å². The Morgan fingerprint density at radius 1 is 1.23 bits per heavy atom. The molecule has 0 spiro atoms. The fraction of sp³-hybridized carbons (Fsp3) is 0.227. The van der Waals surface area contributed by atoms with Crippen LogP contribution in [0.3, 0.4) is 0 Å². The predicted octanol–water partition coefficient (Wildman–Crippen LogP) is 4.93. The number of aliphatic imine (C=N–C) groups is 1. The van der Waals surface area contributed by atoms with Crippen molar-refractivity contribution < 1.29 is 19.1 Å². The molecular weight excluding hydrogens is 438 g/mol. The van der Waals surface area contributed by atoms with Crippen molar-refractivity contribution in [2.24, 2.45) is 4.99 Å². The summed E-state index contributed by atoms with van der Waals surface area (Å²) in [7, 11) is 2.86. The van der Waals surface area contributed by atoms with Crippen molar-refractivity contribution in [1.29, 1.82) is 0 Å². The molecule has 0 radical (unpaired) electrons. The predicted molar refractivity (Wildman–Crippen MR) is 126 cm³/mol. The van der Waals surface area contributed by atoms with Crippen molar-refractivity contribution in [2.45, 2.75) is 13.3 Å². The zero-order valence-electron chi connectivity index (χ0n) is 17.3. The first-order valence-electron chi connectivity index (χ1n) is 9.38. The Morgan fingerprint density at radius 3 is 2.74 bits per heavy atom. The number of nitrogens with zero attached hydrogens (tertiary/aromatic N) is 1. The molecule has 162 valence electrons. The number of halogens is 1. The third-order valence-electron chi connectivity index (χ3n) is 4.40. The first-order valence-corrected chi connectivity index (χ1v) is 10.7. The van der Waals surface area contributed by atoms with E-state index in [1.54, 1.807) is 18.2 Å². The molecular formula is C22H22ClN3O4S. The Kier molecular flexibility index (Phi) is 7.59. The zero-order chi connectivity index (χ0) is 22.4. The second kappa shape index (κ2) is 10.4. The van der Waals surface area contributed by atoms with Crippen LogP contribution in [0.15, 0.2) is 53.2 Å². The second-order valence-electron chi connectivity index (χ2n) is 6.65. The average Bonchev–Trinajstić information content (AvgIpc) is 2.93. The lowest BCUT2D eigenvalue weighted by molar-refractivity contribution is -0.139. The molecule has 0 aliphatic carbocycles. The number of hydrogen-bond donors (Lipinski definition) is 2. The van der Waals surface area contributed by atoms with Gasteiger partial charge >= 0.3 is 5.97 Å². The standard InChI is InChI=1S/C22H22ClN3O4S/c1-13-8-18(19(29-2)11-15(13)23)25-20(27)12-31-21-9-14(10-22(28)30-3)24-16-6-4-5-7-17(16)26-21/h4-9,11,24H,10,12H2,1-3H3,(H,25,27). The Labute approximate surface area is 189 Å². The SMILES string of the molecule is COC(=O)CC1=CC(SCC(=O)Nc2cc(C)c(Cl)cc2OC)=Nc2ccccc2N1. The number of thioether (sulfide) groups is 1. The molecule has 0 bridgehead atoms. The Morgan fingerprint density at radius 2 is 2.00 bits per heavy atom. The van der Waals surface area contributed by atoms with Gasteiger partial charge in [-0.3, -0.25) is 9.59 Å². The number of benzene rings is 2. The number of carbonyl (C=O) groups excluding carboxylic acids is 2. The van der Waals surface area contributed by atoms with Gasteiger partial charge in [0.25, 0.3) is 0 Å². The van der Waals surface area contributed by atoms with E-state index in [0.29, 0.717) is 27.2 Å². The lowest BCUT2D eigenvalue weighted by atomic mass is 10.2. The van der Waals surface area contributed by atoms with Crippen LogP contribution in [0.5, 0.6) is 5.75 Å². The summed E-state index contributed by atoms with van der Waals surface area (Å²) in [6, 6.07) is 10.9. The molecule has 0 fully saturated rings. The number of anilines is 2. The maximum atomic E-state index is 12.6. The average molecular weight is 460 g/mol. The van der Waals surface area contributed by atoms with Crippen LogP contribution >= 0.6 is 23.4 Å². The van der Waals surface area contributed by atoms with Gasteiger partial charge in [0, 0.05) is 16.8 Å². The van der Waals surface area contributed by atoms with Crippen LogP contribution in [0.2, 0.25) is 5.02 Å².